The van der Waals surface area contributed by atoms with E-state index >= 15 is 0 Å². The SMILES string of the molecule is COCCCNCCOc1ccc(C)c(C)c1. The van der Waals surface area contributed by atoms with Crippen molar-refractivity contribution >= 4 is 0 Å². The summed E-state index contributed by atoms with van der Waals surface area (Å²) in [6.07, 6.45) is 1.04. The molecule has 0 aliphatic carbocycles. The topological polar surface area (TPSA) is 30.5 Å². The Morgan fingerprint density at radius 1 is 1.06 bits per heavy atom. The Bertz CT molecular complexity index is 326. The van der Waals surface area contributed by atoms with Crippen LogP contribution in [0.4, 0.5) is 0 Å². The van der Waals surface area contributed by atoms with E-state index in [2.05, 4.69) is 31.3 Å². The molecule has 0 aliphatic rings. The molecule has 0 amide bonds. The van der Waals surface area contributed by atoms with Crippen LogP contribution in [0, 0.1) is 13.8 Å². The first-order chi connectivity index (χ1) is 8.24. The van der Waals surface area contributed by atoms with E-state index in [0.29, 0.717) is 6.61 Å². The number of methoxy groups -OCH3 is 1. The maximum Gasteiger partial charge on any atom is 0.119 e. The summed E-state index contributed by atoms with van der Waals surface area (Å²) in [5.41, 5.74) is 2.57. The highest BCUT2D eigenvalue weighted by Gasteiger charge is 1.96. The zero-order valence-electron chi connectivity index (χ0n) is 11.1. The third-order valence-corrected chi connectivity index (χ3v) is 2.73. The Kier molecular flexibility index (Phi) is 6.67. The lowest BCUT2D eigenvalue weighted by atomic mass is 10.1. The van der Waals surface area contributed by atoms with Crippen LogP contribution in [-0.2, 0) is 4.74 Å². The van der Waals surface area contributed by atoms with Gasteiger partial charge in [0.05, 0.1) is 0 Å². The zero-order chi connectivity index (χ0) is 12.5. The molecule has 0 saturated carbocycles. The van der Waals surface area contributed by atoms with Gasteiger partial charge in [-0.25, -0.2) is 0 Å². The van der Waals surface area contributed by atoms with Gasteiger partial charge in [0.1, 0.15) is 12.4 Å². The normalized spacial score (nSPS) is 10.5. The minimum atomic E-state index is 0.704. The highest BCUT2D eigenvalue weighted by molar-refractivity contribution is 5.33. The minimum Gasteiger partial charge on any atom is -0.492 e. The van der Waals surface area contributed by atoms with Crippen LogP contribution in [-0.4, -0.2) is 33.4 Å². The van der Waals surface area contributed by atoms with Gasteiger partial charge < -0.3 is 14.8 Å². The molecule has 0 aliphatic heterocycles. The smallest absolute Gasteiger partial charge is 0.119 e. The molecule has 0 bridgehead atoms. The van der Waals surface area contributed by atoms with Crippen LogP contribution in [0.3, 0.4) is 0 Å². The Hall–Kier alpha value is -1.06. The summed E-state index contributed by atoms with van der Waals surface area (Å²) in [5.74, 6) is 0.951. The average Bonchev–Trinajstić information content (AvgIpc) is 2.32. The monoisotopic (exact) mass is 237 g/mol. The van der Waals surface area contributed by atoms with E-state index in [1.165, 1.54) is 11.1 Å². The summed E-state index contributed by atoms with van der Waals surface area (Å²) in [5, 5.41) is 3.31. The van der Waals surface area contributed by atoms with Gasteiger partial charge >= 0.3 is 0 Å². The number of ether oxygens (including phenoxy) is 2. The van der Waals surface area contributed by atoms with Crippen LogP contribution >= 0.6 is 0 Å². The third-order valence-electron chi connectivity index (χ3n) is 2.73. The number of hydrogen-bond donors (Lipinski definition) is 1. The second-order valence-electron chi connectivity index (χ2n) is 4.19. The maximum atomic E-state index is 5.65. The van der Waals surface area contributed by atoms with Crippen LogP contribution in [0.15, 0.2) is 18.2 Å². The van der Waals surface area contributed by atoms with Crippen molar-refractivity contribution in [2.75, 3.05) is 33.4 Å². The minimum absolute atomic E-state index is 0.704. The molecule has 0 radical (unpaired) electrons. The second-order valence-corrected chi connectivity index (χ2v) is 4.19. The van der Waals surface area contributed by atoms with Crippen molar-refractivity contribution < 1.29 is 9.47 Å². The Labute approximate surface area is 104 Å². The molecule has 1 rings (SSSR count). The first-order valence-electron chi connectivity index (χ1n) is 6.13. The molecule has 1 aromatic carbocycles. The van der Waals surface area contributed by atoms with Crippen molar-refractivity contribution in [3.05, 3.63) is 29.3 Å². The standard InChI is InChI=1S/C14H23NO2/c1-12-5-6-14(11-13(12)2)17-10-8-15-7-4-9-16-3/h5-6,11,15H,4,7-10H2,1-3H3. The predicted octanol–water partition coefficient (Wildman–Crippen LogP) is 2.31. The number of hydrogen-bond acceptors (Lipinski definition) is 3. The first-order valence-corrected chi connectivity index (χ1v) is 6.13. The van der Waals surface area contributed by atoms with Gasteiger partial charge in [0, 0.05) is 20.3 Å². The fraction of sp³-hybridized carbons (Fsp3) is 0.571. The second kappa shape index (κ2) is 8.09. The summed E-state index contributed by atoms with van der Waals surface area (Å²) >= 11 is 0. The lowest BCUT2D eigenvalue weighted by Crippen LogP contribution is -2.22. The molecule has 0 unspecified atom stereocenters. The van der Waals surface area contributed by atoms with Gasteiger partial charge in [0.15, 0.2) is 0 Å². The quantitative estimate of drug-likeness (QED) is 0.704. The molecule has 0 saturated heterocycles. The van der Waals surface area contributed by atoms with E-state index in [9.17, 15) is 0 Å². The zero-order valence-corrected chi connectivity index (χ0v) is 11.1. The molecule has 0 fully saturated rings. The number of aryl methyl sites for hydroxylation is 2. The number of benzene rings is 1. The van der Waals surface area contributed by atoms with Crippen LogP contribution in [0.25, 0.3) is 0 Å². The van der Waals surface area contributed by atoms with E-state index in [1.54, 1.807) is 7.11 Å². The van der Waals surface area contributed by atoms with Crippen LogP contribution in [0.2, 0.25) is 0 Å². The summed E-state index contributed by atoms with van der Waals surface area (Å²) in [7, 11) is 1.73. The van der Waals surface area contributed by atoms with E-state index in [4.69, 9.17) is 9.47 Å². The van der Waals surface area contributed by atoms with Crippen LogP contribution in [0.1, 0.15) is 17.5 Å². The Balaban J connectivity index is 2.11. The maximum absolute atomic E-state index is 5.65. The van der Waals surface area contributed by atoms with E-state index in [0.717, 1.165) is 31.9 Å². The highest BCUT2D eigenvalue weighted by Crippen LogP contribution is 2.15. The van der Waals surface area contributed by atoms with Gasteiger partial charge in [-0.05, 0) is 50.1 Å². The Morgan fingerprint density at radius 3 is 2.59 bits per heavy atom. The van der Waals surface area contributed by atoms with Crippen molar-refractivity contribution in [2.24, 2.45) is 0 Å². The Morgan fingerprint density at radius 2 is 1.88 bits per heavy atom. The number of nitrogens with one attached hydrogen (secondary N) is 1. The first kappa shape index (κ1) is 14.0. The molecule has 0 atom stereocenters. The molecule has 17 heavy (non-hydrogen) atoms. The molecule has 0 heterocycles. The van der Waals surface area contributed by atoms with Crippen LogP contribution < -0.4 is 10.1 Å². The van der Waals surface area contributed by atoms with Gasteiger partial charge in [-0.1, -0.05) is 6.07 Å². The van der Waals surface area contributed by atoms with Crippen molar-refractivity contribution in [1.29, 1.82) is 0 Å². The molecule has 0 aromatic heterocycles. The number of rotatable bonds is 8. The van der Waals surface area contributed by atoms with Crippen molar-refractivity contribution in [2.45, 2.75) is 20.3 Å². The predicted molar refractivity (Wildman–Crippen MR) is 70.8 cm³/mol. The van der Waals surface area contributed by atoms with Crippen molar-refractivity contribution in [1.82, 2.24) is 5.32 Å². The van der Waals surface area contributed by atoms with E-state index in [-0.39, 0.29) is 0 Å². The van der Waals surface area contributed by atoms with E-state index < -0.39 is 0 Å². The molecule has 0 spiro atoms. The lowest BCUT2D eigenvalue weighted by molar-refractivity contribution is 0.193. The van der Waals surface area contributed by atoms with E-state index in [1.807, 2.05) is 6.07 Å². The fourth-order valence-corrected chi connectivity index (χ4v) is 1.51. The summed E-state index contributed by atoms with van der Waals surface area (Å²) in [6, 6.07) is 6.20. The highest BCUT2D eigenvalue weighted by atomic mass is 16.5. The molecule has 96 valence electrons. The summed E-state index contributed by atoms with van der Waals surface area (Å²) in [6.45, 7) is 7.57. The molecular formula is C14H23NO2. The molecular weight excluding hydrogens is 214 g/mol. The van der Waals surface area contributed by atoms with Gasteiger partial charge in [0.2, 0.25) is 0 Å². The van der Waals surface area contributed by atoms with Crippen molar-refractivity contribution in [3.63, 3.8) is 0 Å². The molecule has 3 nitrogen and oxygen atoms in total. The summed E-state index contributed by atoms with van der Waals surface area (Å²) in [4.78, 5) is 0. The lowest BCUT2D eigenvalue weighted by Gasteiger charge is -2.09. The molecule has 3 heteroatoms. The van der Waals surface area contributed by atoms with Gasteiger partial charge in [-0.2, -0.15) is 0 Å². The van der Waals surface area contributed by atoms with Gasteiger partial charge in [-0.3, -0.25) is 0 Å². The van der Waals surface area contributed by atoms with Crippen molar-refractivity contribution in [3.8, 4) is 5.75 Å². The third kappa shape index (κ3) is 5.71. The fourth-order valence-electron chi connectivity index (χ4n) is 1.51. The van der Waals surface area contributed by atoms with Gasteiger partial charge in [-0.15, -0.1) is 0 Å². The summed E-state index contributed by atoms with van der Waals surface area (Å²) < 4.78 is 10.6. The molecule has 1 aromatic rings. The van der Waals surface area contributed by atoms with Gasteiger partial charge in [0.25, 0.3) is 0 Å². The molecule has 1 N–H and O–H groups in total. The average molecular weight is 237 g/mol. The van der Waals surface area contributed by atoms with Crippen LogP contribution in [0.5, 0.6) is 5.75 Å². The largest absolute Gasteiger partial charge is 0.492 e.